The fourth-order valence-corrected chi connectivity index (χ4v) is 5.74. The molecule has 168 valence electrons. The van der Waals surface area contributed by atoms with Crippen LogP contribution in [0.2, 0.25) is 0 Å². The Morgan fingerprint density at radius 3 is 2.64 bits per heavy atom. The van der Waals surface area contributed by atoms with Crippen LogP contribution in [0.1, 0.15) is 18.1 Å². The first kappa shape index (κ1) is 21.7. The fraction of sp³-hybridized carbons (Fsp3) is 0.240. The summed E-state index contributed by atoms with van der Waals surface area (Å²) in [7, 11) is 1.65. The van der Waals surface area contributed by atoms with Gasteiger partial charge in [0, 0.05) is 13.1 Å². The number of benzene rings is 2. The van der Waals surface area contributed by atoms with Crippen molar-refractivity contribution in [1.29, 1.82) is 0 Å². The van der Waals surface area contributed by atoms with E-state index in [9.17, 15) is 4.79 Å². The Bertz CT molecular complexity index is 1270. The van der Waals surface area contributed by atoms with Crippen molar-refractivity contribution < 1.29 is 9.53 Å². The molecule has 0 N–H and O–H groups in total. The lowest BCUT2D eigenvalue weighted by Gasteiger charge is -2.30. The van der Waals surface area contributed by atoms with E-state index in [1.54, 1.807) is 18.4 Å². The van der Waals surface area contributed by atoms with Gasteiger partial charge < -0.3 is 9.64 Å². The second kappa shape index (κ2) is 9.41. The molecule has 0 saturated heterocycles. The van der Waals surface area contributed by atoms with Crippen molar-refractivity contribution in [2.45, 2.75) is 30.3 Å². The third-order valence-electron chi connectivity index (χ3n) is 5.77. The largest absolute Gasteiger partial charge is 0.495 e. The van der Waals surface area contributed by atoms with Crippen LogP contribution in [0.25, 0.3) is 16.4 Å². The minimum Gasteiger partial charge on any atom is -0.495 e. The van der Waals surface area contributed by atoms with Gasteiger partial charge >= 0.3 is 0 Å². The molecule has 1 aliphatic heterocycles. The number of nitrogens with zero attached hydrogens (tertiary/aromatic N) is 4. The molecule has 3 heterocycles. The van der Waals surface area contributed by atoms with Gasteiger partial charge in [-0.05, 0) is 48.1 Å². The SMILES string of the molecule is COc1ccccc1-n1c(SC(C)C(=O)N2CCc3ccccc3C2)nnc1-c1cccs1. The van der Waals surface area contributed by atoms with Crippen LogP contribution in [0, 0.1) is 0 Å². The van der Waals surface area contributed by atoms with Gasteiger partial charge in [0.15, 0.2) is 11.0 Å². The Morgan fingerprint density at radius 1 is 1.06 bits per heavy atom. The quantitative estimate of drug-likeness (QED) is 0.364. The van der Waals surface area contributed by atoms with Crippen LogP contribution in [-0.2, 0) is 17.8 Å². The summed E-state index contributed by atoms with van der Waals surface area (Å²) in [5, 5.41) is 11.4. The number of rotatable bonds is 6. The van der Waals surface area contributed by atoms with Crippen LogP contribution in [0.3, 0.4) is 0 Å². The van der Waals surface area contributed by atoms with Gasteiger partial charge in [-0.2, -0.15) is 0 Å². The van der Waals surface area contributed by atoms with Gasteiger partial charge in [-0.3, -0.25) is 9.36 Å². The molecule has 6 nitrogen and oxygen atoms in total. The molecule has 0 saturated carbocycles. The van der Waals surface area contributed by atoms with Crippen LogP contribution < -0.4 is 4.74 Å². The van der Waals surface area contributed by atoms with Crippen molar-refractivity contribution in [2.75, 3.05) is 13.7 Å². The number of amides is 1. The third kappa shape index (κ3) is 4.28. The summed E-state index contributed by atoms with van der Waals surface area (Å²) in [6.07, 6.45) is 0.888. The molecular formula is C25H24N4O2S2. The number of fused-ring (bicyclic) bond motifs is 1. The van der Waals surface area contributed by atoms with E-state index in [0.29, 0.717) is 11.7 Å². The van der Waals surface area contributed by atoms with Gasteiger partial charge in [-0.25, -0.2) is 0 Å². The van der Waals surface area contributed by atoms with E-state index in [1.807, 2.05) is 64.2 Å². The molecule has 33 heavy (non-hydrogen) atoms. The number of carbonyl (C=O) groups excluding carboxylic acids is 1. The standard InChI is InChI=1S/C25H24N4O2S2/c1-17(24(30)28-14-13-18-8-3-4-9-19(18)16-28)33-25-27-26-23(22-12-7-15-32-22)29(25)20-10-5-6-11-21(20)31-2/h3-12,15,17H,13-14,16H2,1-2H3. The van der Waals surface area contributed by atoms with Crippen molar-refractivity contribution >= 4 is 29.0 Å². The zero-order valence-electron chi connectivity index (χ0n) is 18.5. The van der Waals surface area contributed by atoms with E-state index in [4.69, 9.17) is 4.74 Å². The van der Waals surface area contributed by atoms with E-state index in [1.165, 1.54) is 22.9 Å². The topological polar surface area (TPSA) is 60.2 Å². The van der Waals surface area contributed by atoms with Crippen LogP contribution in [-0.4, -0.2) is 44.5 Å². The zero-order valence-corrected chi connectivity index (χ0v) is 20.1. The number of methoxy groups -OCH3 is 1. The third-order valence-corrected chi connectivity index (χ3v) is 7.67. The fourth-order valence-electron chi connectivity index (χ4n) is 4.09. The zero-order chi connectivity index (χ0) is 22.8. The monoisotopic (exact) mass is 476 g/mol. The Labute approximate surface area is 201 Å². The smallest absolute Gasteiger partial charge is 0.236 e. The maximum atomic E-state index is 13.3. The highest BCUT2D eigenvalue weighted by Crippen LogP contribution is 2.35. The molecule has 1 amide bonds. The maximum absolute atomic E-state index is 13.3. The Morgan fingerprint density at radius 2 is 1.85 bits per heavy atom. The normalized spacial score (nSPS) is 14.1. The Kier molecular flexibility index (Phi) is 6.20. The predicted molar refractivity (Wildman–Crippen MR) is 132 cm³/mol. The molecule has 1 atom stereocenters. The number of hydrogen-bond acceptors (Lipinski definition) is 6. The molecule has 0 bridgehead atoms. The van der Waals surface area contributed by atoms with Crippen molar-refractivity contribution in [1.82, 2.24) is 19.7 Å². The average Bonchev–Trinajstić information content (AvgIpc) is 3.53. The molecule has 0 spiro atoms. The number of aromatic nitrogens is 3. The number of ether oxygens (including phenoxy) is 1. The summed E-state index contributed by atoms with van der Waals surface area (Å²) >= 11 is 3.04. The number of carbonyl (C=O) groups is 1. The lowest BCUT2D eigenvalue weighted by Crippen LogP contribution is -2.40. The molecule has 2 aromatic heterocycles. The molecule has 0 radical (unpaired) electrons. The summed E-state index contributed by atoms with van der Waals surface area (Å²) in [6.45, 7) is 3.33. The number of thiophene rings is 1. The highest BCUT2D eigenvalue weighted by molar-refractivity contribution is 8.00. The van der Waals surface area contributed by atoms with E-state index in [-0.39, 0.29) is 11.2 Å². The van der Waals surface area contributed by atoms with Crippen molar-refractivity contribution in [3.05, 3.63) is 77.2 Å². The molecule has 2 aromatic carbocycles. The molecule has 8 heteroatoms. The maximum Gasteiger partial charge on any atom is 0.236 e. The van der Waals surface area contributed by atoms with Crippen molar-refractivity contribution in [3.63, 3.8) is 0 Å². The van der Waals surface area contributed by atoms with E-state index in [0.717, 1.165) is 35.1 Å². The Hall–Kier alpha value is -3.10. The first-order valence-electron chi connectivity index (χ1n) is 10.8. The molecular weight excluding hydrogens is 452 g/mol. The van der Waals surface area contributed by atoms with E-state index in [2.05, 4.69) is 28.4 Å². The van der Waals surface area contributed by atoms with Crippen molar-refractivity contribution in [2.24, 2.45) is 0 Å². The van der Waals surface area contributed by atoms with Crippen LogP contribution >= 0.6 is 23.1 Å². The van der Waals surface area contributed by atoms with Crippen LogP contribution in [0.15, 0.2) is 71.2 Å². The van der Waals surface area contributed by atoms with Gasteiger partial charge in [-0.1, -0.05) is 54.2 Å². The number of thioether (sulfide) groups is 1. The molecule has 4 aromatic rings. The van der Waals surface area contributed by atoms with Gasteiger partial charge in [0.25, 0.3) is 0 Å². The van der Waals surface area contributed by atoms with Crippen molar-refractivity contribution in [3.8, 4) is 22.1 Å². The highest BCUT2D eigenvalue weighted by Gasteiger charge is 2.28. The molecule has 1 unspecified atom stereocenters. The van der Waals surface area contributed by atoms with Gasteiger partial charge in [0.05, 0.1) is 22.9 Å². The summed E-state index contributed by atoms with van der Waals surface area (Å²) in [5.41, 5.74) is 3.41. The lowest BCUT2D eigenvalue weighted by atomic mass is 10.00. The van der Waals surface area contributed by atoms with Gasteiger partial charge in [-0.15, -0.1) is 21.5 Å². The van der Waals surface area contributed by atoms with Gasteiger partial charge in [0.1, 0.15) is 5.75 Å². The van der Waals surface area contributed by atoms with Crippen LogP contribution in [0.5, 0.6) is 5.75 Å². The average molecular weight is 477 g/mol. The number of para-hydroxylation sites is 2. The summed E-state index contributed by atoms with van der Waals surface area (Å²) in [4.78, 5) is 16.3. The molecule has 0 aliphatic carbocycles. The first-order valence-corrected chi connectivity index (χ1v) is 12.6. The summed E-state index contributed by atoms with van der Waals surface area (Å²) in [6, 6.07) is 20.2. The molecule has 0 fully saturated rings. The lowest BCUT2D eigenvalue weighted by molar-refractivity contribution is -0.131. The second-order valence-electron chi connectivity index (χ2n) is 7.83. The highest BCUT2D eigenvalue weighted by atomic mass is 32.2. The summed E-state index contributed by atoms with van der Waals surface area (Å²) in [5.74, 6) is 1.58. The predicted octanol–water partition coefficient (Wildman–Crippen LogP) is 5.07. The van der Waals surface area contributed by atoms with E-state index >= 15 is 0 Å². The van der Waals surface area contributed by atoms with Gasteiger partial charge in [0.2, 0.25) is 5.91 Å². The number of hydrogen-bond donors (Lipinski definition) is 0. The molecule has 1 aliphatic rings. The summed E-state index contributed by atoms with van der Waals surface area (Å²) < 4.78 is 7.61. The van der Waals surface area contributed by atoms with Crippen LogP contribution in [0.4, 0.5) is 0 Å². The second-order valence-corrected chi connectivity index (χ2v) is 10.1. The first-order chi connectivity index (χ1) is 16.2. The minimum atomic E-state index is -0.302. The van der Waals surface area contributed by atoms with E-state index < -0.39 is 0 Å². The Balaban J connectivity index is 1.44. The molecule has 5 rings (SSSR count). The minimum absolute atomic E-state index is 0.113.